The summed E-state index contributed by atoms with van der Waals surface area (Å²) in [6.45, 7) is 5.31. The molecule has 0 aliphatic carbocycles. The smallest absolute Gasteiger partial charge is 0.258 e. The molecule has 0 spiro atoms. The molecule has 0 bridgehead atoms. The fourth-order valence-electron chi connectivity index (χ4n) is 0.754. The normalized spacial score (nSPS) is 9.55. The molecule has 3 heteroatoms. The molecule has 1 rings (SSSR count). The van der Waals surface area contributed by atoms with Gasteiger partial charge in [0, 0.05) is 12.1 Å². The van der Waals surface area contributed by atoms with Gasteiger partial charge in [0.05, 0.1) is 4.92 Å². The van der Waals surface area contributed by atoms with Gasteiger partial charge in [-0.15, -0.1) is 0 Å². The van der Waals surface area contributed by atoms with Gasteiger partial charge in [-0.3, -0.25) is 10.1 Å². The van der Waals surface area contributed by atoms with Gasteiger partial charge in [-0.1, -0.05) is 12.1 Å². The minimum absolute atomic E-state index is 0.0993. The molecule has 11 heavy (non-hydrogen) atoms. The molecule has 1 aromatic carbocycles. The maximum atomic E-state index is 10.2. The molecule has 0 fully saturated rings. The van der Waals surface area contributed by atoms with Crippen LogP contribution in [0, 0.1) is 17.0 Å². The first-order chi connectivity index (χ1) is 5.24. The molecule has 56 valence electrons. The topological polar surface area (TPSA) is 43.1 Å². The molecule has 0 N–H and O–H groups in total. The van der Waals surface area contributed by atoms with Gasteiger partial charge in [0.25, 0.3) is 5.69 Å². The van der Waals surface area contributed by atoms with Crippen LogP contribution in [0.1, 0.15) is 5.56 Å². The van der Waals surface area contributed by atoms with Crippen molar-refractivity contribution in [2.75, 3.05) is 0 Å². The van der Waals surface area contributed by atoms with Crippen LogP contribution in [0.15, 0.2) is 24.3 Å². The SMILES string of the molecule is [CH]Cc1ccc([N+](=O)[O-])cc1. The van der Waals surface area contributed by atoms with Crippen LogP contribution in [-0.4, -0.2) is 4.92 Å². The molecule has 2 radical (unpaired) electrons. The Bertz CT molecular complexity index is 253. The van der Waals surface area contributed by atoms with Crippen molar-refractivity contribution in [1.29, 1.82) is 0 Å². The summed E-state index contributed by atoms with van der Waals surface area (Å²) in [5.41, 5.74) is 0.998. The summed E-state index contributed by atoms with van der Waals surface area (Å²) in [7, 11) is 0. The maximum absolute atomic E-state index is 10.2. The molecular formula is C8H7NO2. The van der Waals surface area contributed by atoms with Gasteiger partial charge in [0.1, 0.15) is 0 Å². The largest absolute Gasteiger partial charge is 0.269 e. The lowest BCUT2D eigenvalue weighted by Crippen LogP contribution is -1.87. The van der Waals surface area contributed by atoms with E-state index in [1.165, 1.54) is 12.1 Å². The highest BCUT2D eigenvalue weighted by molar-refractivity contribution is 5.32. The van der Waals surface area contributed by atoms with E-state index < -0.39 is 4.92 Å². The Balaban J connectivity index is 2.91. The number of hydrogen-bond donors (Lipinski definition) is 0. The van der Waals surface area contributed by atoms with Crippen molar-refractivity contribution in [3.05, 3.63) is 46.9 Å². The average molecular weight is 149 g/mol. The van der Waals surface area contributed by atoms with Crippen LogP contribution in [0.2, 0.25) is 0 Å². The highest BCUT2D eigenvalue weighted by Crippen LogP contribution is 2.11. The van der Waals surface area contributed by atoms with E-state index in [0.29, 0.717) is 6.42 Å². The van der Waals surface area contributed by atoms with E-state index in [0.717, 1.165) is 5.56 Å². The standard InChI is InChI=1S/C8H7NO2/c1-2-7-3-5-8(6-4-7)9(10)11/h1,3-6H,2H2. The zero-order valence-corrected chi connectivity index (χ0v) is 5.86. The molecule has 3 nitrogen and oxygen atoms in total. The minimum Gasteiger partial charge on any atom is -0.258 e. The van der Waals surface area contributed by atoms with E-state index in [9.17, 15) is 10.1 Å². The monoisotopic (exact) mass is 149 g/mol. The first-order valence-corrected chi connectivity index (χ1v) is 3.17. The number of nitro groups is 1. The van der Waals surface area contributed by atoms with Gasteiger partial charge in [-0.2, -0.15) is 0 Å². The third-order valence-electron chi connectivity index (χ3n) is 1.38. The lowest BCUT2D eigenvalue weighted by Gasteiger charge is -1.93. The molecule has 0 amide bonds. The van der Waals surface area contributed by atoms with E-state index in [-0.39, 0.29) is 5.69 Å². The van der Waals surface area contributed by atoms with Gasteiger partial charge < -0.3 is 0 Å². The van der Waals surface area contributed by atoms with Crippen molar-refractivity contribution in [1.82, 2.24) is 0 Å². The van der Waals surface area contributed by atoms with Crippen LogP contribution in [-0.2, 0) is 6.42 Å². The van der Waals surface area contributed by atoms with Gasteiger partial charge >= 0.3 is 0 Å². The molecule has 0 aliphatic rings. The van der Waals surface area contributed by atoms with Crippen molar-refractivity contribution in [3.63, 3.8) is 0 Å². The number of nitrogens with zero attached hydrogens (tertiary/aromatic N) is 1. The Hall–Kier alpha value is -1.38. The Morgan fingerprint density at radius 1 is 1.36 bits per heavy atom. The lowest BCUT2D eigenvalue weighted by molar-refractivity contribution is -0.384. The van der Waals surface area contributed by atoms with E-state index in [1.807, 2.05) is 0 Å². The summed E-state index contributed by atoms with van der Waals surface area (Å²) in [4.78, 5) is 9.74. The van der Waals surface area contributed by atoms with Crippen LogP contribution in [0.4, 0.5) is 5.69 Å². The Kier molecular flexibility index (Phi) is 2.21. The van der Waals surface area contributed by atoms with E-state index in [2.05, 4.69) is 0 Å². The number of non-ortho nitro benzene ring substituents is 1. The summed E-state index contributed by atoms with van der Waals surface area (Å²) in [6, 6.07) is 6.20. The lowest BCUT2D eigenvalue weighted by atomic mass is 10.2. The van der Waals surface area contributed by atoms with Gasteiger partial charge in [0.15, 0.2) is 0 Å². The highest BCUT2D eigenvalue weighted by Gasteiger charge is 2.01. The Morgan fingerprint density at radius 3 is 2.27 bits per heavy atom. The molecule has 0 saturated carbocycles. The van der Waals surface area contributed by atoms with Crippen LogP contribution < -0.4 is 0 Å². The molecule has 0 aliphatic heterocycles. The fourth-order valence-corrected chi connectivity index (χ4v) is 0.754. The molecule has 0 atom stereocenters. The van der Waals surface area contributed by atoms with Gasteiger partial charge in [-0.25, -0.2) is 0 Å². The maximum Gasteiger partial charge on any atom is 0.269 e. The van der Waals surface area contributed by atoms with Crippen molar-refractivity contribution in [3.8, 4) is 0 Å². The summed E-state index contributed by atoms with van der Waals surface area (Å²) in [5, 5.41) is 10.2. The van der Waals surface area contributed by atoms with Crippen LogP contribution in [0.3, 0.4) is 0 Å². The predicted molar refractivity (Wildman–Crippen MR) is 41.1 cm³/mol. The van der Waals surface area contributed by atoms with Crippen LogP contribution in [0.5, 0.6) is 0 Å². The van der Waals surface area contributed by atoms with Gasteiger partial charge in [-0.05, 0) is 18.9 Å². The second-order valence-corrected chi connectivity index (χ2v) is 2.13. The zero-order chi connectivity index (χ0) is 8.27. The first kappa shape index (κ1) is 7.72. The van der Waals surface area contributed by atoms with Crippen molar-refractivity contribution >= 4 is 5.69 Å². The predicted octanol–water partition coefficient (Wildman–Crippen LogP) is 1.85. The van der Waals surface area contributed by atoms with Crippen molar-refractivity contribution < 1.29 is 4.92 Å². The van der Waals surface area contributed by atoms with E-state index in [4.69, 9.17) is 6.92 Å². The number of hydrogen-bond acceptors (Lipinski definition) is 2. The molecule has 0 saturated heterocycles. The summed E-state index contributed by atoms with van der Waals surface area (Å²) in [5.74, 6) is 0. The third-order valence-corrected chi connectivity index (χ3v) is 1.38. The van der Waals surface area contributed by atoms with Crippen LogP contribution in [0.25, 0.3) is 0 Å². The van der Waals surface area contributed by atoms with Crippen LogP contribution >= 0.6 is 0 Å². The summed E-state index contributed by atoms with van der Waals surface area (Å²) < 4.78 is 0. The highest BCUT2D eigenvalue weighted by atomic mass is 16.6. The number of nitro benzene ring substituents is 1. The third kappa shape index (κ3) is 1.77. The van der Waals surface area contributed by atoms with E-state index >= 15 is 0 Å². The second-order valence-electron chi connectivity index (χ2n) is 2.13. The van der Waals surface area contributed by atoms with Crippen molar-refractivity contribution in [2.24, 2.45) is 0 Å². The second kappa shape index (κ2) is 3.14. The molecule has 0 unspecified atom stereocenters. The minimum atomic E-state index is -0.430. The molecule has 1 aromatic rings. The number of benzene rings is 1. The zero-order valence-electron chi connectivity index (χ0n) is 5.86. The molecule has 0 aromatic heterocycles. The summed E-state index contributed by atoms with van der Waals surface area (Å²) in [6.07, 6.45) is 0.415. The fraction of sp³-hybridized carbons (Fsp3) is 0.125. The van der Waals surface area contributed by atoms with E-state index in [1.54, 1.807) is 12.1 Å². The molecular weight excluding hydrogens is 142 g/mol. The Labute approximate surface area is 64.8 Å². The van der Waals surface area contributed by atoms with Gasteiger partial charge in [0.2, 0.25) is 0 Å². The molecule has 0 heterocycles. The van der Waals surface area contributed by atoms with Crippen molar-refractivity contribution in [2.45, 2.75) is 6.42 Å². The first-order valence-electron chi connectivity index (χ1n) is 3.17. The average Bonchev–Trinajstić information content (AvgIpc) is 2.05. The Morgan fingerprint density at radius 2 is 1.91 bits per heavy atom. The summed E-state index contributed by atoms with van der Waals surface area (Å²) >= 11 is 0. The number of rotatable bonds is 2. The quantitative estimate of drug-likeness (QED) is 0.475.